The van der Waals surface area contributed by atoms with Crippen molar-refractivity contribution in [2.45, 2.75) is 175 Å². The maximum absolute atomic E-state index is 2.49. The molecular formula is C29H60. The van der Waals surface area contributed by atoms with Gasteiger partial charge in [-0.2, -0.15) is 0 Å². The zero-order valence-electron chi connectivity index (χ0n) is 21.4. The van der Waals surface area contributed by atoms with Gasteiger partial charge in [0.2, 0.25) is 0 Å². The van der Waals surface area contributed by atoms with E-state index in [9.17, 15) is 0 Å². The molecule has 0 aromatic heterocycles. The van der Waals surface area contributed by atoms with E-state index >= 15 is 0 Å². The van der Waals surface area contributed by atoms with Gasteiger partial charge in [0, 0.05) is 0 Å². The number of hydrogen-bond acceptors (Lipinski definition) is 0. The van der Waals surface area contributed by atoms with Crippen molar-refractivity contribution in [1.82, 2.24) is 0 Å². The minimum Gasteiger partial charge on any atom is -0.0654 e. The molecule has 0 aliphatic rings. The first-order chi connectivity index (χ1) is 14.2. The number of hydrogen-bond donors (Lipinski definition) is 0. The second kappa shape index (κ2) is 24.3. The fourth-order valence-electron chi connectivity index (χ4n) is 4.58. The van der Waals surface area contributed by atoms with E-state index in [1.54, 1.807) is 0 Å². The van der Waals surface area contributed by atoms with E-state index in [1.807, 2.05) is 0 Å². The average Bonchev–Trinajstić information content (AvgIpc) is 2.70. The predicted molar refractivity (Wildman–Crippen MR) is 136 cm³/mol. The smallest absolute Gasteiger partial charge is 0.0443 e. The van der Waals surface area contributed by atoms with Crippen LogP contribution in [0.15, 0.2) is 0 Å². The molecule has 0 saturated carbocycles. The first-order valence-corrected chi connectivity index (χ1v) is 14.2. The second-order valence-corrected chi connectivity index (χ2v) is 10.6. The van der Waals surface area contributed by atoms with Gasteiger partial charge in [-0.3, -0.25) is 0 Å². The van der Waals surface area contributed by atoms with Crippen molar-refractivity contribution in [3.63, 3.8) is 0 Å². The van der Waals surface area contributed by atoms with Crippen LogP contribution in [0.5, 0.6) is 0 Å². The first kappa shape index (κ1) is 29.0. The first-order valence-electron chi connectivity index (χ1n) is 14.2. The molecule has 0 rings (SSSR count). The van der Waals surface area contributed by atoms with Gasteiger partial charge in [-0.15, -0.1) is 0 Å². The van der Waals surface area contributed by atoms with E-state index in [2.05, 4.69) is 27.7 Å². The van der Waals surface area contributed by atoms with Gasteiger partial charge in [0.05, 0.1) is 0 Å². The standard InChI is InChI=1S/C29H60/c1-5-6-7-8-9-10-11-14-17-20-23-26-29(4)27-24-21-18-15-12-13-16-19-22-25-28(2)3/h28-29H,5-27H2,1-4H3. The summed E-state index contributed by atoms with van der Waals surface area (Å²) >= 11 is 0. The molecule has 0 saturated heterocycles. The molecular weight excluding hydrogens is 348 g/mol. The molecule has 0 aromatic rings. The minimum atomic E-state index is 0.896. The summed E-state index contributed by atoms with van der Waals surface area (Å²) in [6, 6.07) is 0. The summed E-state index contributed by atoms with van der Waals surface area (Å²) in [5, 5.41) is 0. The summed E-state index contributed by atoms with van der Waals surface area (Å²) in [6.45, 7) is 9.49. The summed E-state index contributed by atoms with van der Waals surface area (Å²) in [5.41, 5.74) is 0. The largest absolute Gasteiger partial charge is 0.0654 e. The van der Waals surface area contributed by atoms with Crippen LogP contribution in [-0.4, -0.2) is 0 Å². The Morgan fingerprint density at radius 3 is 0.931 bits per heavy atom. The molecule has 0 radical (unpaired) electrons. The van der Waals surface area contributed by atoms with Gasteiger partial charge >= 0.3 is 0 Å². The Balaban J connectivity index is 3.14. The van der Waals surface area contributed by atoms with Crippen LogP contribution in [0.25, 0.3) is 0 Å². The lowest BCUT2D eigenvalue weighted by atomic mass is 9.95. The fraction of sp³-hybridized carbons (Fsp3) is 1.00. The quantitative estimate of drug-likeness (QED) is 0.139. The summed E-state index contributed by atoms with van der Waals surface area (Å²) in [7, 11) is 0. The van der Waals surface area contributed by atoms with Gasteiger partial charge in [0.25, 0.3) is 0 Å². The molecule has 0 bridgehead atoms. The Labute approximate surface area is 187 Å². The lowest BCUT2D eigenvalue weighted by Crippen LogP contribution is -1.95. The zero-order chi connectivity index (χ0) is 21.4. The van der Waals surface area contributed by atoms with E-state index < -0.39 is 0 Å². The highest BCUT2D eigenvalue weighted by Crippen LogP contribution is 2.19. The van der Waals surface area contributed by atoms with E-state index in [4.69, 9.17) is 0 Å². The molecule has 1 atom stereocenters. The summed E-state index contributed by atoms with van der Waals surface area (Å²) in [6.07, 6.45) is 33.8. The molecule has 0 N–H and O–H groups in total. The molecule has 0 fully saturated rings. The van der Waals surface area contributed by atoms with Gasteiger partial charge in [0.15, 0.2) is 0 Å². The minimum absolute atomic E-state index is 0.896. The van der Waals surface area contributed by atoms with Crippen molar-refractivity contribution in [2.75, 3.05) is 0 Å². The van der Waals surface area contributed by atoms with Gasteiger partial charge in [0.1, 0.15) is 0 Å². The number of unbranched alkanes of at least 4 members (excludes halogenated alkanes) is 18. The van der Waals surface area contributed by atoms with Crippen molar-refractivity contribution in [1.29, 1.82) is 0 Å². The van der Waals surface area contributed by atoms with E-state index in [-0.39, 0.29) is 0 Å². The van der Waals surface area contributed by atoms with Crippen LogP contribution in [-0.2, 0) is 0 Å². The average molecular weight is 409 g/mol. The maximum atomic E-state index is 2.49. The molecule has 0 heteroatoms. The van der Waals surface area contributed by atoms with Crippen LogP contribution < -0.4 is 0 Å². The van der Waals surface area contributed by atoms with Crippen molar-refractivity contribution >= 4 is 0 Å². The van der Waals surface area contributed by atoms with Crippen LogP contribution in [0.3, 0.4) is 0 Å². The zero-order valence-corrected chi connectivity index (χ0v) is 21.4. The summed E-state index contributed by atoms with van der Waals surface area (Å²) < 4.78 is 0. The van der Waals surface area contributed by atoms with Crippen LogP contribution >= 0.6 is 0 Å². The Morgan fingerprint density at radius 2 is 0.621 bits per heavy atom. The molecule has 0 spiro atoms. The third kappa shape index (κ3) is 26.0. The molecule has 0 nitrogen and oxygen atoms in total. The predicted octanol–water partition coefficient (Wildman–Crippen LogP) is 11.3. The lowest BCUT2D eigenvalue weighted by Gasteiger charge is -2.11. The third-order valence-electron chi connectivity index (χ3n) is 6.78. The van der Waals surface area contributed by atoms with Crippen LogP contribution in [0.2, 0.25) is 0 Å². The molecule has 0 heterocycles. The van der Waals surface area contributed by atoms with Gasteiger partial charge < -0.3 is 0 Å². The molecule has 0 aliphatic carbocycles. The highest BCUT2D eigenvalue weighted by Gasteiger charge is 2.02. The Hall–Kier alpha value is 0. The molecule has 29 heavy (non-hydrogen) atoms. The highest BCUT2D eigenvalue weighted by molar-refractivity contribution is 4.56. The number of rotatable bonds is 24. The van der Waals surface area contributed by atoms with Gasteiger partial charge in [-0.05, 0) is 11.8 Å². The monoisotopic (exact) mass is 408 g/mol. The van der Waals surface area contributed by atoms with Crippen molar-refractivity contribution < 1.29 is 0 Å². The molecule has 176 valence electrons. The van der Waals surface area contributed by atoms with E-state index in [1.165, 1.54) is 148 Å². The lowest BCUT2D eigenvalue weighted by molar-refractivity contribution is 0.429. The van der Waals surface area contributed by atoms with Crippen LogP contribution in [0, 0.1) is 11.8 Å². The van der Waals surface area contributed by atoms with Gasteiger partial charge in [-0.1, -0.05) is 175 Å². The second-order valence-electron chi connectivity index (χ2n) is 10.6. The summed E-state index contributed by atoms with van der Waals surface area (Å²) in [5.74, 6) is 1.86. The Bertz CT molecular complexity index is 280. The molecule has 0 amide bonds. The third-order valence-corrected chi connectivity index (χ3v) is 6.78. The fourth-order valence-corrected chi connectivity index (χ4v) is 4.58. The Morgan fingerprint density at radius 1 is 0.345 bits per heavy atom. The molecule has 0 aromatic carbocycles. The normalized spacial score (nSPS) is 12.7. The van der Waals surface area contributed by atoms with Crippen LogP contribution in [0.1, 0.15) is 175 Å². The van der Waals surface area contributed by atoms with E-state index in [0.717, 1.165) is 11.8 Å². The van der Waals surface area contributed by atoms with Crippen molar-refractivity contribution in [3.05, 3.63) is 0 Å². The highest BCUT2D eigenvalue weighted by atomic mass is 14.1. The van der Waals surface area contributed by atoms with E-state index in [0.29, 0.717) is 0 Å². The van der Waals surface area contributed by atoms with Gasteiger partial charge in [-0.25, -0.2) is 0 Å². The van der Waals surface area contributed by atoms with Crippen LogP contribution in [0.4, 0.5) is 0 Å². The van der Waals surface area contributed by atoms with Crippen molar-refractivity contribution in [3.8, 4) is 0 Å². The SMILES string of the molecule is CCCCCCCCCCCCCC(C)CCCCCCCCCCCC(C)C. The molecule has 0 aliphatic heterocycles. The van der Waals surface area contributed by atoms with Crippen molar-refractivity contribution in [2.24, 2.45) is 11.8 Å². The maximum Gasteiger partial charge on any atom is -0.0443 e. The topological polar surface area (TPSA) is 0 Å². The Kier molecular flexibility index (Phi) is 24.3. The molecule has 1 unspecified atom stereocenters. The summed E-state index contributed by atoms with van der Waals surface area (Å²) in [4.78, 5) is 0.